The van der Waals surface area contributed by atoms with Crippen molar-refractivity contribution in [3.8, 4) is 0 Å². The van der Waals surface area contributed by atoms with Gasteiger partial charge < -0.3 is 10.2 Å². The molecule has 20 heavy (non-hydrogen) atoms. The molecule has 1 heterocycles. The number of likely N-dealkylation sites (tertiary alicyclic amines) is 1. The lowest BCUT2D eigenvalue weighted by atomic mass is 9.83. The topological polar surface area (TPSA) is 15.3 Å². The van der Waals surface area contributed by atoms with Crippen LogP contribution in [0.1, 0.15) is 67.2 Å². The van der Waals surface area contributed by atoms with Crippen molar-refractivity contribution in [3.63, 3.8) is 0 Å². The SMILES string of the molecule is CCCNC(CCN1CCC(C(C)C)CC1)C(C)(C)C. The summed E-state index contributed by atoms with van der Waals surface area (Å²) in [6, 6.07) is 0.644. The van der Waals surface area contributed by atoms with Crippen molar-refractivity contribution >= 4 is 0 Å². The Morgan fingerprint density at radius 3 is 2.20 bits per heavy atom. The summed E-state index contributed by atoms with van der Waals surface area (Å²) < 4.78 is 0. The third kappa shape index (κ3) is 6.13. The first-order chi connectivity index (χ1) is 9.34. The second kappa shape index (κ2) is 8.38. The van der Waals surface area contributed by atoms with Gasteiger partial charge in [0.15, 0.2) is 0 Å². The van der Waals surface area contributed by atoms with Crippen LogP contribution in [-0.4, -0.2) is 37.1 Å². The molecule has 1 unspecified atom stereocenters. The van der Waals surface area contributed by atoms with Gasteiger partial charge in [0.1, 0.15) is 0 Å². The second-order valence-corrected chi connectivity index (χ2v) is 8.08. The maximum absolute atomic E-state index is 3.75. The monoisotopic (exact) mass is 282 g/mol. The maximum Gasteiger partial charge on any atom is 0.0128 e. The van der Waals surface area contributed by atoms with Crippen molar-refractivity contribution in [2.24, 2.45) is 17.3 Å². The quantitative estimate of drug-likeness (QED) is 0.754. The Labute approximate surface area is 127 Å². The molecule has 0 radical (unpaired) electrons. The van der Waals surface area contributed by atoms with Gasteiger partial charge in [-0.25, -0.2) is 0 Å². The van der Waals surface area contributed by atoms with Crippen LogP contribution in [0.4, 0.5) is 0 Å². The first-order valence-corrected chi connectivity index (χ1v) is 8.80. The van der Waals surface area contributed by atoms with Gasteiger partial charge in [0.25, 0.3) is 0 Å². The van der Waals surface area contributed by atoms with E-state index in [0.29, 0.717) is 11.5 Å². The van der Waals surface area contributed by atoms with Gasteiger partial charge in [0, 0.05) is 6.04 Å². The summed E-state index contributed by atoms with van der Waals surface area (Å²) in [6.07, 6.45) is 5.32. The summed E-state index contributed by atoms with van der Waals surface area (Å²) in [5.74, 6) is 1.83. The highest BCUT2D eigenvalue weighted by Crippen LogP contribution is 2.26. The predicted octanol–water partition coefficient (Wildman–Crippen LogP) is 4.16. The summed E-state index contributed by atoms with van der Waals surface area (Å²) >= 11 is 0. The zero-order chi connectivity index (χ0) is 15.2. The normalized spacial score (nSPS) is 20.6. The fourth-order valence-electron chi connectivity index (χ4n) is 3.31. The fraction of sp³-hybridized carbons (Fsp3) is 1.00. The van der Waals surface area contributed by atoms with Crippen molar-refractivity contribution in [1.29, 1.82) is 0 Å². The molecule has 1 aliphatic rings. The lowest BCUT2D eigenvalue weighted by molar-refractivity contribution is 0.140. The minimum atomic E-state index is 0.366. The van der Waals surface area contributed by atoms with Gasteiger partial charge in [-0.2, -0.15) is 0 Å². The lowest BCUT2D eigenvalue weighted by Gasteiger charge is -2.37. The molecule has 0 aliphatic carbocycles. The van der Waals surface area contributed by atoms with E-state index in [9.17, 15) is 0 Å². The molecule has 2 heteroatoms. The van der Waals surface area contributed by atoms with Crippen LogP contribution >= 0.6 is 0 Å². The van der Waals surface area contributed by atoms with Gasteiger partial charge in [0.05, 0.1) is 0 Å². The molecule has 1 aliphatic heterocycles. The number of hydrogen-bond donors (Lipinski definition) is 1. The standard InChI is InChI=1S/C18H38N2/c1-7-11-19-17(18(4,5)6)10-14-20-12-8-16(9-13-20)15(2)3/h15-17,19H,7-14H2,1-6H3. The molecule has 120 valence electrons. The zero-order valence-corrected chi connectivity index (χ0v) is 14.8. The molecule has 0 aromatic heterocycles. The molecule has 0 saturated carbocycles. The third-order valence-electron chi connectivity index (χ3n) is 5.00. The Balaban J connectivity index is 2.33. The highest BCUT2D eigenvalue weighted by molar-refractivity contribution is 4.82. The molecule has 1 fully saturated rings. The number of nitrogens with one attached hydrogen (secondary N) is 1. The summed E-state index contributed by atoms with van der Waals surface area (Å²) in [6.45, 7) is 19.2. The van der Waals surface area contributed by atoms with Crippen LogP contribution in [0.2, 0.25) is 0 Å². The second-order valence-electron chi connectivity index (χ2n) is 8.08. The van der Waals surface area contributed by atoms with E-state index in [4.69, 9.17) is 0 Å². The molecule has 0 amide bonds. The Morgan fingerprint density at radius 1 is 1.15 bits per heavy atom. The molecule has 0 aromatic rings. The summed E-state index contributed by atoms with van der Waals surface area (Å²) in [7, 11) is 0. The van der Waals surface area contributed by atoms with Crippen LogP contribution in [0.25, 0.3) is 0 Å². The molecule has 1 saturated heterocycles. The van der Waals surface area contributed by atoms with Gasteiger partial charge >= 0.3 is 0 Å². The van der Waals surface area contributed by atoms with Crippen molar-refractivity contribution in [3.05, 3.63) is 0 Å². The van der Waals surface area contributed by atoms with Crippen molar-refractivity contribution < 1.29 is 0 Å². The van der Waals surface area contributed by atoms with Crippen LogP contribution < -0.4 is 5.32 Å². The van der Waals surface area contributed by atoms with Crippen molar-refractivity contribution in [1.82, 2.24) is 10.2 Å². The van der Waals surface area contributed by atoms with Gasteiger partial charge in [-0.1, -0.05) is 41.5 Å². The zero-order valence-electron chi connectivity index (χ0n) is 14.8. The molecule has 1 rings (SSSR count). The number of rotatable bonds is 7. The Hall–Kier alpha value is -0.0800. The number of hydrogen-bond acceptors (Lipinski definition) is 2. The molecule has 1 N–H and O–H groups in total. The van der Waals surface area contributed by atoms with E-state index in [1.807, 2.05) is 0 Å². The van der Waals surface area contributed by atoms with E-state index in [2.05, 4.69) is 51.8 Å². The van der Waals surface area contributed by atoms with E-state index in [1.54, 1.807) is 0 Å². The van der Waals surface area contributed by atoms with Crippen molar-refractivity contribution in [2.75, 3.05) is 26.2 Å². The molecular formula is C18H38N2. The Bertz CT molecular complexity index is 247. The van der Waals surface area contributed by atoms with E-state index in [1.165, 1.54) is 45.3 Å². The average Bonchev–Trinajstić information content (AvgIpc) is 2.37. The molecule has 0 aromatic carbocycles. The van der Waals surface area contributed by atoms with Crippen LogP contribution in [0.3, 0.4) is 0 Å². The van der Waals surface area contributed by atoms with E-state index in [-0.39, 0.29) is 0 Å². The minimum absolute atomic E-state index is 0.366. The highest BCUT2D eigenvalue weighted by Gasteiger charge is 2.26. The lowest BCUT2D eigenvalue weighted by Crippen LogP contribution is -2.44. The largest absolute Gasteiger partial charge is 0.313 e. The van der Waals surface area contributed by atoms with Gasteiger partial charge in [0.2, 0.25) is 0 Å². The summed E-state index contributed by atoms with van der Waals surface area (Å²) in [5, 5.41) is 3.75. The first kappa shape index (κ1) is 18.0. The number of nitrogens with zero attached hydrogens (tertiary/aromatic N) is 1. The fourth-order valence-corrected chi connectivity index (χ4v) is 3.31. The first-order valence-electron chi connectivity index (χ1n) is 8.80. The molecule has 2 nitrogen and oxygen atoms in total. The Kier molecular flexibility index (Phi) is 7.53. The Morgan fingerprint density at radius 2 is 1.75 bits per heavy atom. The molecule has 0 bridgehead atoms. The average molecular weight is 283 g/mol. The molecule has 0 spiro atoms. The summed E-state index contributed by atoms with van der Waals surface area (Å²) in [5.41, 5.74) is 0.366. The third-order valence-corrected chi connectivity index (χ3v) is 5.00. The smallest absolute Gasteiger partial charge is 0.0128 e. The van der Waals surface area contributed by atoms with Crippen LogP contribution in [0.15, 0.2) is 0 Å². The van der Waals surface area contributed by atoms with E-state index < -0.39 is 0 Å². The van der Waals surface area contributed by atoms with Crippen LogP contribution in [0, 0.1) is 17.3 Å². The number of piperidine rings is 1. The van der Waals surface area contributed by atoms with E-state index in [0.717, 1.165) is 18.4 Å². The highest BCUT2D eigenvalue weighted by atomic mass is 15.1. The van der Waals surface area contributed by atoms with Crippen molar-refractivity contribution in [2.45, 2.75) is 73.3 Å². The predicted molar refractivity (Wildman–Crippen MR) is 90.2 cm³/mol. The van der Waals surface area contributed by atoms with E-state index >= 15 is 0 Å². The van der Waals surface area contributed by atoms with Crippen LogP contribution in [-0.2, 0) is 0 Å². The van der Waals surface area contributed by atoms with Gasteiger partial charge in [-0.05, 0) is 69.1 Å². The van der Waals surface area contributed by atoms with Gasteiger partial charge in [-0.3, -0.25) is 0 Å². The summed E-state index contributed by atoms with van der Waals surface area (Å²) in [4.78, 5) is 2.69. The van der Waals surface area contributed by atoms with Gasteiger partial charge in [-0.15, -0.1) is 0 Å². The van der Waals surface area contributed by atoms with Crippen LogP contribution in [0.5, 0.6) is 0 Å². The maximum atomic E-state index is 3.75. The molecule has 1 atom stereocenters. The molecular weight excluding hydrogens is 244 g/mol. The minimum Gasteiger partial charge on any atom is -0.313 e.